The average molecular weight is 418 g/mol. The number of sulfonamides is 1. The molecule has 1 aliphatic rings. The molecule has 8 heteroatoms. The lowest BCUT2D eigenvalue weighted by Gasteiger charge is -2.29. The standard InChI is InChI=1S/C21H27N3O4S/c1-14-8-11-20(22-13-14)23-21(25)16-9-10-18(28-3)19(12-16)29(26,27)24-17-7-5-4-6-15(17)2/h8-13,15,17,24H,4-7H2,1-3H3,(H,22,23,25). The molecule has 2 unspecified atom stereocenters. The van der Waals surface area contributed by atoms with E-state index in [1.165, 1.54) is 25.3 Å². The fourth-order valence-electron chi connectivity index (χ4n) is 3.51. The highest BCUT2D eigenvalue weighted by Crippen LogP contribution is 2.29. The predicted molar refractivity (Wildman–Crippen MR) is 112 cm³/mol. The summed E-state index contributed by atoms with van der Waals surface area (Å²) in [6.07, 6.45) is 5.57. The van der Waals surface area contributed by atoms with Crippen molar-refractivity contribution in [3.8, 4) is 5.75 Å². The number of carbonyl (C=O) groups excluding carboxylic acids is 1. The number of benzene rings is 1. The second-order valence-corrected chi connectivity index (χ2v) is 9.21. The average Bonchev–Trinajstić information content (AvgIpc) is 2.71. The van der Waals surface area contributed by atoms with Crippen LogP contribution in [0.15, 0.2) is 41.4 Å². The SMILES string of the molecule is COc1ccc(C(=O)Nc2ccc(C)cn2)cc1S(=O)(=O)NC1CCCCC1C. The summed E-state index contributed by atoms with van der Waals surface area (Å²) in [6.45, 7) is 3.96. The van der Waals surface area contributed by atoms with E-state index >= 15 is 0 Å². The van der Waals surface area contributed by atoms with Crippen molar-refractivity contribution in [2.45, 2.75) is 50.5 Å². The molecule has 2 aromatic rings. The number of amides is 1. The predicted octanol–water partition coefficient (Wildman–Crippen LogP) is 3.51. The summed E-state index contributed by atoms with van der Waals surface area (Å²) in [5.41, 5.74) is 1.19. The molecule has 1 aliphatic carbocycles. The van der Waals surface area contributed by atoms with Gasteiger partial charge in [0, 0.05) is 17.8 Å². The molecule has 2 atom stereocenters. The lowest BCUT2D eigenvalue weighted by molar-refractivity contribution is 0.102. The van der Waals surface area contributed by atoms with Crippen molar-refractivity contribution < 1.29 is 17.9 Å². The Balaban J connectivity index is 1.85. The zero-order valence-electron chi connectivity index (χ0n) is 16.9. The van der Waals surface area contributed by atoms with Crippen molar-refractivity contribution in [2.75, 3.05) is 12.4 Å². The number of carbonyl (C=O) groups is 1. The number of nitrogens with one attached hydrogen (secondary N) is 2. The Hall–Kier alpha value is -2.45. The quantitative estimate of drug-likeness (QED) is 0.750. The van der Waals surface area contributed by atoms with Crippen molar-refractivity contribution >= 4 is 21.7 Å². The van der Waals surface area contributed by atoms with Crippen LogP contribution in [0, 0.1) is 12.8 Å². The maximum Gasteiger partial charge on any atom is 0.256 e. The molecule has 0 bridgehead atoms. The van der Waals surface area contributed by atoms with Crippen LogP contribution in [0.1, 0.15) is 48.5 Å². The topological polar surface area (TPSA) is 97.4 Å². The molecule has 2 N–H and O–H groups in total. The Morgan fingerprint density at radius 3 is 2.59 bits per heavy atom. The van der Waals surface area contributed by atoms with Crippen LogP contribution in [0.5, 0.6) is 5.75 Å². The Labute approximate surface area is 171 Å². The van der Waals surface area contributed by atoms with Crippen LogP contribution < -0.4 is 14.8 Å². The Kier molecular flexibility index (Phi) is 6.54. The van der Waals surface area contributed by atoms with Crippen molar-refractivity contribution in [3.05, 3.63) is 47.7 Å². The number of methoxy groups -OCH3 is 1. The molecule has 1 heterocycles. The van der Waals surface area contributed by atoms with Gasteiger partial charge in [0.05, 0.1) is 7.11 Å². The third-order valence-electron chi connectivity index (χ3n) is 5.29. The largest absolute Gasteiger partial charge is 0.495 e. The molecule has 7 nitrogen and oxygen atoms in total. The normalized spacial score (nSPS) is 19.6. The second kappa shape index (κ2) is 8.92. The molecule has 0 spiro atoms. The number of aromatic nitrogens is 1. The van der Waals surface area contributed by atoms with Crippen LogP contribution in [0.25, 0.3) is 0 Å². The minimum atomic E-state index is -3.84. The number of pyridine rings is 1. The summed E-state index contributed by atoms with van der Waals surface area (Å²) in [6, 6.07) is 7.79. The van der Waals surface area contributed by atoms with Crippen molar-refractivity contribution in [3.63, 3.8) is 0 Å². The van der Waals surface area contributed by atoms with E-state index in [2.05, 4.69) is 21.9 Å². The highest BCUT2D eigenvalue weighted by atomic mass is 32.2. The molecular weight excluding hydrogens is 390 g/mol. The molecule has 1 aromatic heterocycles. The van der Waals surface area contributed by atoms with Crippen LogP contribution in [0.4, 0.5) is 5.82 Å². The van der Waals surface area contributed by atoms with Crippen LogP contribution >= 0.6 is 0 Å². The third-order valence-corrected chi connectivity index (χ3v) is 6.80. The number of hydrogen-bond acceptors (Lipinski definition) is 5. The van der Waals surface area contributed by atoms with Crippen molar-refractivity contribution in [2.24, 2.45) is 5.92 Å². The van der Waals surface area contributed by atoms with Gasteiger partial charge in [0.1, 0.15) is 16.5 Å². The maximum atomic E-state index is 13.1. The molecule has 0 aliphatic heterocycles. The van der Waals surface area contributed by atoms with Gasteiger partial charge < -0.3 is 10.1 Å². The monoisotopic (exact) mass is 417 g/mol. The molecular formula is C21H27N3O4S. The zero-order valence-corrected chi connectivity index (χ0v) is 17.8. The lowest BCUT2D eigenvalue weighted by atomic mass is 9.87. The number of hydrogen-bond donors (Lipinski definition) is 2. The molecule has 0 saturated heterocycles. The third kappa shape index (κ3) is 5.13. The molecule has 0 radical (unpaired) electrons. The van der Waals surface area contributed by atoms with Crippen molar-refractivity contribution in [1.82, 2.24) is 9.71 Å². The summed E-state index contributed by atoms with van der Waals surface area (Å²) < 4.78 is 34.2. The van der Waals surface area contributed by atoms with E-state index in [0.717, 1.165) is 31.2 Å². The molecule has 1 aromatic carbocycles. The van der Waals surface area contributed by atoms with Gasteiger partial charge in [-0.3, -0.25) is 4.79 Å². The van der Waals surface area contributed by atoms with Crippen LogP contribution in [-0.4, -0.2) is 32.5 Å². The first-order chi connectivity index (χ1) is 13.8. The first-order valence-electron chi connectivity index (χ1n) is 9.74. The minimum Gasteiger partial charge on any atom is -0.495 e. The zero-order chi connectivity index (χ0) is 21.0. The molecule has 29 heavy (non-hydrogen) atoms. The lowest BCUT2D eigenvalue weighted by Crippen LogP contribution is -2.41. The van der Waals surface area contributed by atoms with E-state index in [0.29, 0.717) is 5.82 Å². The van der Waals surface area contributed by atoms with E-state index in [-0.39, 0.29) is 28.2 Å². The fraction of sp³-hybridized carbons (Fsp3) is 0.429. The number of rotatable bonds is 6. The maximum absolute atomic E-state index is 13.1. The van der Waals surface area contributed by atoms with Gasteiger partial charge >= 0.3 is 0 Å². The summed E-state index contributed by atoms with van der Waals surface area (Å²) in [5, 5.41) is 2.68. The number of nitrogens with zero attached hydrogens (tertiary/aromatic N) is 1. The van der Waals surface area contributed by atoms with Crippen LogP contribution in [0.3, 0.4) is 0 Å². The summed E-state index contributed by atoms with van der Waals surface area (Å²) in [7, 11) is -2.43. The molecule has 156 valence electrons. The van der Waals surface area contributed by atoms with E-state index in [9.17, 15) is 13.2 Å². The number of ether oxygens (including phenoxy) is 1. The van der Waals surface area contributed by atoms with Gasteiger partial charge in [0.25, 0.3) is 5.91 Å². The van der Waals surface area contributed by atoms with E-state index in [1.807, 2.05) is 13.0 Å². The minimum absolute atomic E-state index is 0.0395. The van der Waals surface area contributed by atoms with E-state index in [4.69, 9.17) is 4.74 Å². The first kappa shape index (κ1) is 21.3. The molecule has 1 amide bonds. The molecule has 1 saturated carbocycles. The van der Waals surface area contributed by atoms with Gasteiger partial charge in [-0.05, 0) is 55.5 Å². The summed E-state index contributed by atoms with van der Waals surface area (Å²) in [5.74, 6) is 0.427. The van der Waals surface area contributed by atoms with Crippen LogP contribution in [-0.2, 0) is 10.0 Å². The van der Waals surface area contributed by atoms with Gasteiger partial charge in [-0.25, -0.2) is 18.1 Å². The highest BCUT2D eigenvalue weighted by Gasteiger charge is 2.29. The number of aryl methyl sites for hydroxylation is 1. The second-order valence-electron chi connectivity index (χ2n) is 7.53. The molecule has 1 fully saturated rings. The van der Waals surface area contributed by atoms with E-state index < -0.39 is 15.9 Å². The Bertz CT molecular complexity index is 974. The van der Waals surface area contributed by atoms with Crippen molar-refractivity contribution in [1.29, 1.82) is 0 Å². The Morgan fingerprint density at radius 2 is 1.93 bits per heavy atom. The fourth-order valence-corrected chi connectivity index (χ4v) is 5.09. The smallest absolute Gasteiger partial charge is 0.256 e. The van der Waals surface area contributed by atoms with Gasteiger partial charge in [-0.2, -0.15) is 0 Å². The van der Waals surface area contributed by atoms with Crippen LogP contribution in [0.2, 0.25) is 0 Å². The van der Waals surface area contributed by atoms with Gasteiger partial charge in [-0.1, -0.05) is 25.8 Å². The summed E-state index contributed by atoms with van der Waals surface area (Å²) in [4.78, 5) is 16.7. The van der Waals surface area contributed by atoms with Gasteiger partial charge in [-0.15, -0.1) is 0 Å². The first-order valence-corrected chi connectivity index (χ1v) is 11.2. The highest BCUT2D eigenvalue weighted by molar-refractivity contribution is 7.89. The number of anilines is 1. The van der Waals surface area contributed by atoms with Gasteiger partial charge in [0.15, 0.2) is 0 Å². The molecule has 3 rings (SSSR count). The van der Waals surface area contributed by atoms with E-state index in [1.54, 1.807) is 12.3 Å². The summed E-state index contributed by atoms with van der Waals surface area (Å²) >= 11 is 0. The Morgan fingerprint density at radius 1 is 1.17 bits per heavy atom. The van der Waals surface area contributed by atoms with Gasteiger partial charge in [0.2, 0.25) is 10.0 Å².